The fourth-order valence-electron chi connectivity index (χ4n) is 3.57. The molecule has 0 aliphatic carbocycles. The summed E-state index contributed by atoms with van der Waals surface area (Å²) in [5, 5.41) is 12.8. The molecule has 2 aromatic rings. The predicted molar refractivity (Wildman–Crippen MR) is 119 cm³/mol. The molecule has 0 bridgehead atoms. The first kappa shape index (κ1) is 23.1. The number of hydrogen-bond donors (Lipinski definition) is 3. The lowest BCUT2D eigenvalue weighted by molar-refractivity contribution is 0.0417. The average Bonchev–Trinajstić information content (AvgIpc) is 2.76. The first-order valence-electron chi connectivity index (χ1n) is 10.2. The van der Waals surface area contributed by atoms with Gasteiger partial charge in [-0.05, 0) is 38.2 Å². The average molecular weight is 448 g/mol. The number of aliphatic hydroxyl groups is 1. The van der Waals surface area contributed by atoms with Gasteiger partial charge in [0.2, 0.25) is 0 Å². The second kappa shape index (κ2) is 9.67. The van der Waals surface area contributed by atoms with Crippen LogP contribution in [-0.2, 0) is 10.0 Å². The molecule has 0 saturated carbocycles. The minimum absolute atomic E-state index is 0.0580. The van der Waals surface area contributed by atoms with Crippen molar-refractivity contribution < 1.29 is 23.1 Å². The number of amides is 1. The number of hydrogen-bond acceptors (Lipinski definition) is 6. The zero-order valence-corrected chi connectivity index (χ0v) is 18.7. The summed E-state index contributed by atoms with van der Waals surface area (Å²) in [5.74, 6) is -0.182. The van der Waals surface area contributed by atoms with E-state index in [1.807, 2.05) is 6.92 Å². The van der Waals surface area contributed by atoms with Crippen LogP contribution < -0.4 is 14.8 Å². The lowest BCUT2D eigenvalue weighted by Crippen LogP contribution is -2.49. The lowest BCUT2D eigenvalue weighted by Gasteiger charge is -2.37. The summed E-state index contributed by atoms with van der Waals surface area (Å²) in [6.45, 7) is 4.49. The highest BCUT2D eigenvalue weighted by Crippen LogP contribution is 2.35. The second-order valence-electron chi connectivity index (χ2n) is 7.78. The number of nitrogens with zero attached hydrogens (tertiary/aromatic N) is 1. The van der Waals surface area contributed by atoms with Crippen LogP contribution in [0.15, 0.2) is 53.4 Å². The molecule has 31 heavy (non-hydrogen) atoms. The predicted octanol–water partition coefficient (Wildman–Crippen LogP) is 1.93. The molecule has 0 spiro atoms. The van der Waals surface area contributed by atoms with E-state index in [9.17, 15) is 18.3 Å². The molecular weight excluding hydrogens is 418 g/mol. The van der Waals surface area contributed by atoms with E-state index in [1.165, 1.54) is 12.1 Å². The first-order chi connectivity index (χ1) is 14.8. The van der Waals surface area contributed by atoms with Crippen molar-refractivity contribution in [1.29, 1.82) is 0 Å². The van der Waals surface area contributed by atoms with Crippen LogP contribution >= 0.6 is 0 Å². The summed E-state index contributed by atoms with van der Waals surface area (Å²) in [6.07, 6.45) is -0.312. The van der Waals surface area contributed by atoms with E-state index in [0.717, 1.165) is 0 Å². The number of ether oxygens (including phenoxy) is 1. The lowest BCUT2D eigenvalue weighted by atomic mass is 9.99. The molecule has 3 atom stereocenters. The van der Waals surface area contributed by atoms with E-state index in [1.54, 1.807) is 55.3 Å². The quantitative estimate of drug-likeness (QED) is 0.599. The first-order valence-corrected chi connectivity index (χ1v) is 11.7. The van der Waals surface area contributed by atoms with E-state index in [0.29, 0.717) is 13.1 Å². The van der Waals surface area contributed by atoms with Gasteiger partial charge < -0.3 is 20.1 Å². The molecule has 3 rings (SSSR count). The number of likely N-dealkylation sites (N-methyl/N-ethyl adjacent to an activating group) is 1. The van der Waals surface area contributed by atoms with Gasteiger partial charge in [0, 0.05) is 19.0 Å². The van der Waals surface area contributed by atoms with Crippen molar-refractivity contribution in [2.24, 2.45) is 5.92 Å². The minimum Gasteiger partial charge on any atom is -0.486 e. The second-order valence-corrected chi connectivity index (χ2v) is 9.46. The maximum Gasteiger partial charge on any atom is 0.262 e. The number of nitrogens with one attached hydrogen (secondary N) is 2. The fourth-order valence-corrected chi connectivity index (χ4v) is 4.66. The number of sulfonamides is 1. The van der Waals surface area contributed by atoms with Crippen LogP contribution in [-0.4, -0.2) is 63.2 Å². The molecule has 1 aliphatic rings. The SMILES string of the molecule is CNC[C@@H]1Oc2c(NS(=O)(=O)c3ccccc3)cccc2C(=O)N([C@H](C)CO)C[C@@H]1C. The Labute approximate surface area is 183 Å². The molecule has 0 saturated heterocycles. The highest BCUT2D eigenvalue weighted by molar-refractivity contribution is 7.92. The molecular formula is C22H29N3O5S. The topological polar surface area (TPSA) is 108 Å². The standard InChI is InChI=1S/C22H29N3O5S/c1-15-13-25(16(2)14-26)22(27)18-10-7-11-19(21(18)30-20(15)12-23-3)24-31(28,29)17-8-5-4-6-9-17/h4-11,15-16,20,23-24,26H,12-14H2,1-3H3/t15-,16+,20-/m0/s1. The minimum atomic E-state index is -3.87. The van der Waals surface area contributed by atoms with Crippen LogP contribution in [0.2, 0.25) is 0 Å². The van der Waals surface area contributed by atoms with E-state index in [2.05, 4.69) is 10.0 Å². The van der Waals surface area contributed by atoms with E-state index < -0.39 is 10.0 Å². The van der Waals surface area contributed by atoms with Crippen LogP contribution in [0.1, 0.15) is 24.2 Å². The van der Waals surface area contributed by atoms with Crippen molar-refractivity contribution in [3.05, 3.63) is 54.1 Å². The van der Waals surface area contributed by atoms with Crippen molar-refractivity contribution >= 4 is 21.6 Å². The number of carbonyl (C=O) groups excluding carboxylic acids is 1. The number of carbonyl (C=O) groups is 1. The van der Waals surface area contributed by atoms with Crippen LogP contribution in [0.25, 0.3) is 0 Å². The summed E-state index contributed by atoms with van der Waals surface area (Å²) in [7, 11) is -2.07. The highest BCUT2D eigenvalue weighted by Gasteiger charge is 2.34. The molecule has 1 amide bonds. The van der Waals surface area contributed by atoms with Gasteiger partial charge >= 0.3 is 0 Å². The Hall–Kier alpha value is -2.62. The Morgan fingerprint density at radius 2 is 1.90 bits per heavy atom. The van der Waals surface area contributed by atoms with E-state index >= 15 is 0 Å². The number of fused-ring (bicyclic) bond motifs is 1. The third kappa shape index (κ3) is 5.00. The zero-order chi connectivity index (χ0) is 22.6. The largest absolute Gasteiger partial charge is 0.486 e. The molecule has 0 fully saturated rings. The molecule has 8 nitrogen and oxygen atoms in total. The van der Waals surface area contributed by atoms with Gasteiger partial charge in [-0.1, -0.05) is 31.2 Å². The number of benzene rings is 2. The monoisotopic (exact) mass is 447 g/mol. The summed E-state index contributed by atoms with van der Waals surface area (Å²) in [5.41, 5.74) is 0.447. The van der Waals surface area contributed by atoms with Crippen molar-refractivity contribution in [3.63, 3.8) is 0 Å². The molecule has 2 aromatic carbocycles. The Morgan fingerprint density at radius 3 is 2.55 bits per heavy atom. The van der Waals surface area contributed by atoms with Crippen molar-refractivity contribution in [1.82, 2.24) is 10.2 Å². The Bertz CT molecular complexity index is 1010. The number of rotatable bonds is 7. The van der Waals surface area contributed by atoms with Gasteiger partial charge in [0.25, 0.3) is 15.9 Å². The molecule has 0 radical (unpaired) electrons. The van der Waals surface area contributed by atoms with Crippen LogP contribution in [0.5, 0.6) is 5.75 Å². The molecule has 1 aliphatic heterocycles. The number of anilines is 1. The molecule has 3 N–H and O–H groups in total. The Balaban J connectivity index is 2.09. The normalized spacial score (nSPS) is 20.3. The molecule has 0 aromatic heterocycles. The fraction of sp³-hybridized carbons (Fsp3) is 0.409. The third-order valence-electron chi connectivity index (χ3n) is 5.39. The van der Waals surface area contributed by atoms with Crippen LogP contribution in [0.4, 0.5) is 5.69 Å². The molecule has 9 heteroatoms. The van der Waals surface area contributed by atoms with Gasteiger partial charge in [0.1, 0.15) is 6.10 Å². The molecule has 168 valence electrons. The van der Waals surface area contributed by atoms with Gasteiger partial charge in [-0.2, -0.15) is 0 Å². The summed E-state index contributed by atoms with van der Waals surface area (Å²) >= 11 is 0. The van der Waals surface area contributed by atoms with E-state index in [-0.39, 0.29) is 52.5 Å². The maximum atomic E-state index is 13.3. The van der Waals surface area contributed by atoms with Crippen molar-refractivity contribution in [3.8, 4) is 5.75 Å². The Kier molecular flexibility index (Phi) is 7.19. The zero-order valence-electron chi connectivity index (χ0n) is 17.9. The van der Waals surface area contributed by atoms with Gasteiger partial charge in [-0.15, -0.1) is 0 Å². The van der Waals surface area contributed by atoms with Gasteiger partial charge in [-0.3, -0.25) is 9.52 Å². The van der Waals surface area contributed by atoms with Crippen LogP contribution in [0.3, 0.4) is 0 Å². The smallest absolute Gasteiger partial charge is 0.262 e. The number of aliphatic hydroxyl groups excluding tert-OH is 1. The summed E-state index contributed by atoms with van der Waals surface area (Å²) < 4.78 is 34.6. The number of para-hydroxylation sites is 1. The van der Waals surface area contributed by atoms with Crippen molar-refractivity contribution in [2.75, 3.05) is 31.5 Å². The molecule has 1 heterocycles. The maximum absolute atomic E-state index is 13.3. The van der Waals surface area contributed by atoms with Crippen LogP contribution in [0, 0.1) is 5.92 Å². The third-order valence-corrected chi connectivity index (χ3v) is 6.78. The molecule has 0 unspecified atom stereocenters. The van der Waals surface area contributed by atoms with Crippen molar-refractivity contribution in [2.45, 2.75) is 30.9 Å². The Morgan fingerprint density at radius 1 is 1.19 bits per heavy atom. The summed E-state index contributed by atoms with van der Waals surface area (Å²) in [6, 6.07) is 12.4. The van der Waals surface area contributed by atoms with Gasteiger partial charge in [-0.25, -0.2) is 8.42 Å². The van der Waals surface area contributed by atoms with Gasteiger partial charge in [0.15, 0.2) is 5.75 Å². The van der Waals surface area contributed by atoms with Gasteiger partial charge in [0.05, 0.1) is 28.8 Å². The van der Waals surface area contributed by atoms with E-state index in [4.69, 9.17) is 4.74 Å². The summed E-state index contributed by atoms with van der Waals surface area (Å²) in [4.78, 5) is 15.1. The highest BCUT2D eigenvalue weighted by atomic mass is 32.2.